The van der Waals surface area contributed by atoms with E-state index in [4.69, 9.17) is 26.6 Å². The molecule has 0 bridgehead atoms. The Hall–Kier alpha value is -3.64. The molecule has 0 unspecified atom stereocenters. The number of aromatic hydroxyl groups is 1. The predicted octanol–water partition coefficient (Wildman–Crippen LogP) is 3.10. The molecule has 0 saturated carbocycles. The van der Waals surface area contributed by atoms with Crippen LogP contribution in [0.25, 0.3) is 0 Å². The number of hydrogen-bond donors (Lipinski definition) is 6. The zero-order valence-corrected chi connectivity index (χ0v) is 23.2. The number of benzene rings is 2. The van der Waals surface area contributed by atoms with Crippen LogP contribution in [0.1, 0.15) is 32.3 Å². The molecular weight excluding hydrogens is 542 g/mol. The number of amides is 1. The van der Waals surface area contributed by atoms with Gasteiger partial charge in [-0.2, -0.15) is 0 Å². The number of rotatable bonds is 11. The minimum atomic E-state index is -1.26. The molecule has 1 fully saturated rings. The lowest BCUT2D eigenvalue weighted by Gasteiger charge is -2.34. The van der Waals surface area contributed by atoms with Crippen molar-refractivity contribution < 1.29 is 39.5 Å². The fourth-order valence-electron chi connectivity index (χ4n) is 3.86. The van der Waals surface area contributed by atoms with E-state index in [1.165, 1.54) is 24.6 Å². The third-order valence-electron chi connectivity index (χ3n) is 5.86. The molecule has 1 atom stereocenters. The summed E-state index contributed by atoms with van der Waals surface area (Å²) in [5.41, 5.74) is 0.595. The van der Waals surface area contributed by atoms with Crippen molar-refractivity contribution in [1.29, 1.82) is 0 Å². The summed E-state index contributed by atoms with van der Waals surface area (Å²) < 4.78 is 5.73. The molecule has 12 heteroatoms. The third kappa shape index (κ3) is 12.9. The van der Waals surface area contributed by atoms with Crippen molar-refractivity contribution in [2.24, 2.45) is 0 Å². The Bertz CT molecular complexity index is 1150. The number of ether oxygens (including phenoxy) is 1. The number of carboxylic acid groups (broad SMARTS) is 2. The monoisotopic (exact) mass is 577 g/mol. The second kappa shape index (κ2) is 15.8. The van der Waals surface area contributed by atoms with E-state index in [0.717, 1.165) is 37.5 Å². The van der Waals surface area contributed by atoms with E-state index in [-0.39, 0.29) is 18.3 Å². The highest BCUT2D eigenvalue weighted by atomic mass is 35.5. The number of likely N-dealkylation sites (tertiary alicyclic amines) is 1. The predicted molar refractivity (Wildman–Crippen MR) is 151 cm³/mol. The van der Waals surface area contributed by atoms with Gasteiger partial charge in [0.05, 0.1) is 5.69 Å². The van der Waals surface area contributed by atoms with E-state index in [2.05, 4.69) is 27.7 Å². The number of hydrogen-bond acceptors (Lipinski definition) is 8. The molecule has 40 heavy (non-hydrogen) atoms. The van der Waals surface area contributed by atoms with Crippen molar-refractivity contribution in [1.82, 2.24) is 10.2 Å². The summed E-state index contributed by atoms with van der Waals surface area (Å²) in [6.45, 7) is 6.39. The molecule has 6 N–H and O–H groups in total. The highest BCUT2D eigenvalue weighted by Gasteiger charge is 2.26. The summed E-state index contributed by atoms with van der Waals surface area (Å²) in [7, 11) is 0. The van der Waals surface area contributed by atoms with Crippen LogP contribution in [0.2, 0.25) is 5.02 Å². The minimum Gasteiger partial charge on any atom is -0.508 e. The van der Waals surface area contributed by atoms with Crippen LogP contribution >= 0.6 is 11.6 Å². The van der Waals surface area contributed by atoms with Crippen LogP contribution in [-0.4, -0.2) is 81.1 Å². The number of aliphatic hydroxyl groups is 1. The second-order valence-corrected chi connectivity index (χ2v) is 10.2. The first-order valence-electron chi connectivity index (χ1n) is 12.6. The topological polar surface area (TPSA) is 169 Å². The maximum Gasteiger partial charge on any atom is 0.328 e. The molecule has 0 aromatic heterocycles. The first-order valence-corrected chi connectivity index (χ1v) is 13.0. The number of anilines is 1. The summed E-state index contributed by atoms with van der Waals surface area (Å²) in [5.74, 6) is -2.41. The highest BCUT2D eigenvalue weighted by molar-refractivity contribution is 6.30. The van der Waals surface area contributed by atoms with Crippen LogP contribution in [0.5, 0.6) is 11.5 Å². The molecule has 1 heterocycles. The number of aliphatic carboxylic acids is 2. The lowest BCUT2D eigenvalue weighted by atomic mass is 10.0. The van der Waals surface area contributed by atoms with Gasteiger partial charge >= 0.3 is 11.9 Å². The molecule has 1 aliphatic rings. The lowest BCUT2D eigenvalue weighted by molar-refractivity contribution is -0.134. The van der Waals surface area contributed by atoms with Crippen molar-refractivity contribution in [2.45, 2.75) is 44.9 Å². The summed E-state index contributed by atoms with van der Waals surface area (Å²) >= 11 is 5.96. The normalized spacial score (nSPS) is 15.5. The van der Waals surface area contributed by atoms with E-state index < -0.39 is 17.5 Å². The van der Waals surface area contributed by atoms with Crippen LogP contribution in [0.3, 0.4) is 0 Å². The molecule has 0 aliphatic carbocycles. The zero-order valence-electron chi connectivity index (χ0n) is 22.5. The van der Waals surface area contributed by atoms with Crippen LogP contribution in [0.4, 0.5) is 5.69 Å². The number of halogens is 1. The Morgan fingerprint density at radius 2 is 1.68 bits per heavy atom. The van der Waals surface area contributed by atoms with Crippen molar-refractivity contribution in [3.05, 3.63) is 65.2 Å². The van der Waals surface area contributed by atoms with Gasteiger partial charge in [-0.05, 0) is 62.7 Å². The molecule has 2 aromatic carbocycles. The smallest absolute Gasteiger partial charge is 0.328 e. The van der Waals surface area contributed by atoms with Crippen LogP contribution < -0.4 is 15.4 Å². The molecule has 0 spiro atoms. The molecule has 11 nitrogen and oxygen atoms in total. The highest BCUT2D eigenvalue weighted by Crippen LogP contribution is 2.29. The van der Waals surface area contributed by atoms with Gasteiger partial charge in [0.1, 0.15) is 23.7 Å². The molecule has 3 rings (SSSR count). The van der Waals surface area contributed by atoms with Crippen molar-refractivity contribution in [2.75, 3.05) is 31.6 Å². The first kappa shape index (κ1) is 32.6. The van der Waals surface area contributed by atoms with Gasteiger partial charge in [-0.25, -0.2) is 9.59 Å². The Labute approximate surface area is 238 Å². The number of nitrogens with zero attached hydrogens (tertiary/aromatic N) is 1. The number of piperidine rings is 1. The van der Waals surface area contributed by atoms with Gasteiger partial charge in [0.2, 0.25) is 5.91 Å². The van der Waals surface area contributed by atoms with E-state index in [9.17, 15) is 24.6 Å². The quantitative estimate of drug-likeness (QED) is 0.172. The number of phenolic OH excluding ortho intramolecular Hbond substituents is 1. The summed E-state index contributed by atoms with van der Waals surface area (Å²) in [5, 5.41) is 43.0. The summed E-state index contributed by atoms with van der Waals surface area (Å²) in [6.07, 6.45) is 3.12. The first-order chi connectivity index (χ1) is 18.8. The van der Waals surface area contributed by atoms with Crippen LogP contribution in [-0.2, 0) is 20.9 Å². The van der Waals surface area contributed by atoms with Crippen LogP contribution in [0.15, 0.2) is 54.6 Å². The van der Waals surface area contributed by atoms with E-state index in [1.807, 2.05) is 12.1 Å². The van der Waals surface area contributed by atoms with E-state index >= 15 is 0 Å². The Morgan fingerprint density at radius 3 is 2.23 bits per heavy atom. The van der Waals surface area contributed by atoms with Gasteiger partial charge in [0.15, 0.2) is 0 Å². The average Bonchev–Trinajstić information content (AvgIpc) is 2.89. The van der Waals surface area contributed by atoms with Gasteiger partial charge in [-0.1, -0.05) is 23.7 Å². The lowest BCUT2D eigenvalue weighted by Crippen LogP contribution is -2.49. The van der Waals surface area contributed by atoms with Gasteiger partial charge in [-0.15, -0.1) is 0 Å². The molecule has 2 aromatic rings. The molecular formula is C28H36ClN3O8. The number of nitrogens with one attached hydrogen (secondary N) is 2. The average molecular weight is 578 g/mol. The number of carboxylic acids is 2. The Morgan fingerprint density at radius 1 is 1.07 bits per heavy atom. The fraction of sp³-hybridized carbons (Fsp3) is 0.393. The second-order valence-electron chi connectivity index (χ2n) is 9.71. The van der Waals surface area contributed by atoms with Gasteiger partial charge in [0.25, 0.3) is 0 Å². The fourth-order valence-corrected chi connectivity index (χ4v) is 3.98. The van der Waals surface area contributed by atoms with Crippen molar-refractivity contribution in [3.63, 3.8) is 0 Å². The molecule has 218 valence electrons. The molecule has 1 amide bonds. The maximum atomic E-state index is 11.4. The van der Waals surface area contributed by atoms with Crippen LogP contribution in [0, 0.1) is 0 Å². The Kier molecular flexibility index (Phi) is 12.9. The maximum absolute atomic E-state index is 11.4. The summed E-state index contributed by atoms with van der Waals surface area (Å²) in [4.78, 5) is 32.9. The van der Waals surface area contributed by atoms with E-state index in [0.29, 0.717) is 36.2 Å². The summed E-state index contributed by atoms with van der Waals surface area (Å²) in [6, 6.07) is 12.8. The zero-order chi connectivity index (χ0) is 29.7. The SMILES string of the molecule is CC(=O)Nc1ccc(O)cc1OC[C@@](C)(O)CNC1CCN(Cc2ccc(Cl)cc2)CC1.O=C(O)/C=C/C(=O)O. The van der Waals surface area contributed by atoms with Gasteiger partial charge < -0.3 is 35.8 Å². The standard InChI is InChI=1S/C24H32ClN3O4.C4H4O4/c1-17(29)27-22-8-7-21(30)13-23(22)32-16-24(2,31)15-26-20-9-11-28(12-10-20)14-18-3-5-19(25)6-4-18;5-3(6)1-2-4(7)8/h3-8,13,20,26,30-31H,9-12,14-16H2,1-2H3,(H,27,29);1-2H,(H,5,6)(H,7,8)/b;2-1+/t24-;/m0./s1. The molecule has 1 saturated heterocycles. The molecule has 1 aliphatic heterocycles. The van der Waals surface area contributed by atoms with E-state index in [1.54, 1.807) is 13.0 Å². The van der Waals surface area contributed by atoms with Crippen molar-refractivity contribution in [3.8, 4) is 11.5 Å². The largest absolute Gasteiger partial charge is 0.508 e. The number of phenols is 1. The van der Waals surface area contributed by atoms with Gasteiger partial charge in [-0.3, -0.25) is 9.69 Å². The Balaban J connectivity index is 0.000000611. The minimum absolute atomic E-state index is 0.0193. The third-order valence-corrected chi connectivity index (χ3v) is 6.11. The number of carbonyl (C=O) groups excluding carboxylic acids is 1. The van der Waals surface area contributed by atoms with Crippen molar-refractivity contribution >= 4 is 35.1 Å². The molecule has 0 radical (unpaired) electrons. The van der Waals surface area contributed by atoms with Gasteiger partial charge in [0, 0.05) is 49.3 Å². The number of carbonyl (C=O) groups is 3.